The molecule has 0 bridgehead atoms. The summed E-state index contributed by atoms with van der Waals surface area (Å²) in [5.74, 6) is 3.58. The molecule has 4 rings (SSSR count). The van der Waals surface area contributed by atoms with Gasteiger partial charge in [0.2, 0.25) is 0 Å². The summed E-state index contributed by atoms with van der Waals surface area (Å²) in [5, 5.41) is 0. The average molecular weight is 282 g/mol. The van der Waals surface area contributed by atoms with Crippen molar-refractivity contribution in [2.45, 2.75) is 59.3 Å². The molecule has 0 heteroatoms. The molecule has 4 aliphatic carbocycles. The van der Waals surface area contributed by atoms with Crippen LogP contribution in [-0.2, 0) is 0 Å². The van der Waals surface area contributed by atoms with Crippen LogP contribution in [-0.4, -0.2) is 0 Å². The summed E-state index contributed by atoms with van der Waals surface area (Å²) in [6, 6.07) is 0. The Morgan fingerprint density at radius 2 is 2.00 bits per heavy atom. The predicted molar refractivity (Wildman–Crippen MR) is 89.9 cm³/mol. The first-order chi connectivity index (χ1) is 10.1. The Morgan fingerprint density at radius 3 is 2.81 bits per heavy atom. The van der Waals surface area contributed by atoms with E-state index in [1.165, 1.54) is 32.1 Å². The van der Waals surface area contributed by atoms with Gasteiger partial charge in [-0.2, -0.15) is 0 Å². The van der Waals surface area contributed by atoms with Gasteiger partial charge in [-0.15, -0.1) is 0 Å². The Hall–Kier alpha value is -0.780. The highest BCUT2D eigenvalue weighted by atomic mass is 14.6. The maximum atomic E-state index is 2.62. The summed E-state index contributed by atoms with van der Waals surface area (Å²) in [6.07, 6.45) is 20.8. The molecule has 0 aromatic heterocycles. The number of allylic oxidation sites excluding steroid dienone is 6. The van der Waals surface area contributed by atoms with Crippen molar-refractivity contribution in [3.8, 4) is 0 Å². The highest BCUT2D eigenvalue weighted by Crippen LogP contribution is 2.64. The predicted octanol–water partition coefficient (Wildman–Crippen LogP) is 5.92. The fourth-order valence-electron chi connectivity index (χ4n) is 6.57. The van der Waals surface area contributed by atoms with Gasteiger partial charge in [0.05, 0.1) is 0 Å². The molecule has 2 fully saturated rings. The lowest BCUT2D eigenvalue weighted by atomic mass is 9.49. The van der Waals surface area contributed by atoms with Crippen LogP contribution in [0.3, 0.4) is 0 Å². The first-order valence-electron chi connectivity index (χ1n) is 9.16. The third-order valence-electron chi connectivity index (χ3n) is 7.85. The normalized spacial score (nSPS) is 51.1. The summed E-state index contributed by atoms with van der Waals surface area (Å²) in [7, 11) is 0. The monoisotopic (exact) mass is 282 g/mol. The van der Waals surface area contributed by atoms with Gasteiger partial charge >= 0.3 is 0 Å². The summed E-state index contributed by atoms with van der Waals surface area (Å²) >= 11 is 0. The summed E-state index contributed by atoms with van der Waals surface area (Å²) in [5.41, 5.74) is 2.54. The van der Waals surface area contributed by atoms with Crippen LogP contribution >= 0.6 is 0 Å². The molecule has 0 radical (unpaired) electrons. The van der Waals surface area contributed by atoms with Crippen LogP contribution in [0.25, 0.3) is 0 Å². The minimum Gasteiger partial charge on any atom is -0.0838 e. The zero-order valence-electron chi connectivity index (χ0n) is 13.9. The number of fused-ring (bicyclic) bond motifs is 5. The van der Waals surface area contributed by atoms with Gasteiger partial charge in [-0.1, -0.05) is 57.6 Å². The molecule has 0 aliphatic heterocycles. The molecule has 4 aliphatic rings. The molecule has 0 saturated heterocycles. The molecule has 21 heavy (non-hydrogen) atoms. The van der Waals surface area contributed by atoms with Crippen LogP contribution < -0.4 is 0 Å². The van der Waals surface area contributed by atoms with E-state index < -0.39 is 0 Å². The molecule has 0 nitrogen and oxygen atoms in total. The van der Waals surface area contributed by atoms with E-state index in [2.05, 4.69) is 51.2 Å². The summed E-state index contributed by atoms with van der Waals surface area (Å²) < 4.78 is 0. The summed E-state index contributed by atoms with van der Waals surface area (Å²) in [6.45, 7) is 7.53. The van der Waals surface area contributed by atoms with E-state index in [1.54, 1.807) is 5.57 Å². The zero-order chi connectivity index (χ0) is 14.7. The molecule has 0 aromatic rings. The highest BCUT2D eigenvalue weighted by molar-refractivity contribution is 5.40. The van der Waals surface area contributed by atoms with Crippen molar-refractivity contribution >= 4 is 0 Å². The maximum Gasteiger partial charge on any atom is 0.0134 e. The third kappa shape index (κ3) is 1.74. The lowest BCUT2D eigenvalue weighted by Crippen LogP contribution is -2.47. The van der Waals surface area contributed by atoms with E-state index >= 15 is 0 Å². The Labute approximate surface area is 130 Å². The van der Waals surface area contributed by atoms with Gasteiger partial charge in [0.1, 0.15) is 0 Å². The van der Waals surface area contributed by atoms with Crippen molar-refractivity contribution in [1.29, 1.82) is 0 Å². The lowest BCUT2D eigenvalue weighted by Gasteiger charge is -2.55. The van der Waals surface area contributed by atoms with E-state index in [0.29, 0.717) is 10.8 Å². The number of hydrogen-bond donors (Lipinski definition) is 0. The van der Waals surface area contributed by atoms with Crippen molar-refractivity contribution in [1.82, 2.24) is 0 Å². The summed E-state index contributed by atoms with van der Waals surface area (Å²) in [4.78, 5) is 0. The maximum absolute atomic E-state index is 2.62. The fourth-order valence-corrected chi connectivity index (χ4v) is 6.57. The van der Waals surface area contributed by atoms with Crippen LogP contribution in [0.5, 0.6) is 0 Å². The van der Waals surface area contributed by atoms with E-state index in [0.717, 1.165) is 30.1 Å². The van der Waals surface area contributed by atoms with Crippen LogP contribution in [0.1, 0.15) is 59.3 Å². The van der Waals surface area contributed by atoms with Gasteiger partial charge in [-0.3, -0.25) is 0 Å². The van der Waals surface area contributed by atoms with E-state index in [9.17, 15) is 0 Å². The molecule has 0 aromatic carbocycles. The second-order valence-electron chi connectivity index (χ2n) is 8.46. The second-order valence-corrected chi connectivity index (χ2v) is 8.46. The number of hydrogen-bond acceptors (Lipinski definition) is 0. The van der Waals surface area contributed by atoms with Gasteiger partial charge < -0.3 is 0 Å². The molecule has 0 N–H and O–H groups in total. The van der Waals surface area contributed by atoms with E-state index in [-0.39, 0.29) is 0 Å². The first-order valence-corrected chi connectivity index (χ1v) is 9.16. The van der Waals surface area contributed by atoms with Gasteiger partial charge in [0.25, 0.3) is 0 Å². The van der Waals surface area contributed by atoms with Crippen molar-refractivity contribution in [3.05, 3.63) is 36.0 Å². The van der Waals surface area contributed by atoms with Crippen LogP contribution in [0.2, 0.25) is 0 Å². The largest absolute Gasteiger partial charge is 0.0838 e. The Kier molecular flexibility index (Phi) is 3.04. The third-order valence-corrected chi connectivity index (χ3v) is 7.85. The number of rotatable bonds is 1. The van der Waals surface area contributed by atoms with Crippen molar-refractivity contribution in [3.63, 3.8) is 0 Å². The Bertz CT molecular complexity index is 522. The molecule has 0 spiro atoms. The van der Waals surface area contributed by atoms with Crippen molar-refractivity contribution < 1.29 is 0 Å². The Morgan fingerprint density at radius 1 is 1.14 bits per heavy atom. The standard InChI is InChI=1S/C21H30/c1-4-15-9-11-18-17-10-8-16-7-5-6-13-20(16,2)19(17)12-14-21(15,18)3/h6-8,10,13,15,17-19H,4-5,9,11-12,14H2,1-3H3/t15-,17-,18-,19-,20-,21+/m0/s1. The topological polar surface area (TPSA) is 0 Å². The van der Waals surface area contributed by atoms with Crippen molar-refractivity contribution in [2.24, 2.45) is 34.5 Å². The van der Waals surface area contributed by atoms with Crippen molar-refractivity contribution in [2.75, 3.05) is 0 Å². The van der Waals surface area contributed by atoms with E-state index in [4.69, 9.17) is 0 Å². The molecule has 2 saturated carbocycles. The minimum absolute atomic E-state index is 0.323. The van der Waals surface area contributed by atoms with Gasteiger partial charge in [0.15, 0.2) is 0 Å². The average Bonchev–Trinajstić information content (AvgIpc) is 2.83. The Balaban J connectivity index is 1.73. The SMILES string of the molecule is CC[C@H]1CC[C@H]2[C@@H]3C=CC4=CCC=C[C@]4(C)[C@H]3CC[C@]12C. The molecule has 0 amide bonds. The smallest absolute Gasteiger partial charge is 0.0134 e. The molecule has 114 valence electrons. The molecule has 0 unspecified atom stereocenters. The molecular weight excluding hydrogens is 252 g/mol. The molecule has 0 heterocycles. The lowest BCUT2D eigenvalue weighted by molar-refractivity contribution is 0.00108. The molecule has 6 atom stereocenters. The van der Waals surface area contributed by atoms with E-state index in [1.807, 2.05) is 0 Å². The highest BCUT2D eigenvalue weighted by Gasteiger charge is 2.56. The van der Waals surface area contributed by atoms with Gasteiger partial charge in [0, 0.05) is 5.41 Å². The second kappa shape index (κ2) is 4.61. The molecular formula is C21H30. The van der Waals surface area contributed by atoms with Gasteiger partial charge in [-0.05, 0) is 66.8 Å². The van der Waals surface area contributed by atoms with Crippen LogP contribution in [0.15, 0.2) is 36.0 Å². The zero-order valence-corrected chi connectivity index (χ0v) is 13.9. The quantitative estimate of drug-likeness (QED) is 0.524. The van der Waals surface area contributed by atoms with Gasteiger partial charge in [-0.25, -0.2) is 0 Å². The minimum atomic E-state index is 0.323. The van der Waals surface area contributed by atoms with Crippen LogP contribution in [0.4, 0.5) is 0 Å². The first kappa shape index (κ1) is 13.9. The fraction of sp³-hybridized carbons (Fsp3) is 0.714. The van der Waals surface area contributed by atoms with Crippen LogP contribution in [0, 0.1) is 34.5 Å².